The SMILES string of the molecule is O=C1CN(/N=C\c2ccc([N+](=O)[O-])o2)C(=O)N1.[NaH]. The third-order valence-electron chi connectivity index (χ3n) is 1.89. The van der Waals surface area contributed by atoms with E-state index in [2.05, 4.69) is 5.10 Å². The molecule has 1 aliphatic rings. The molecule has 90 valence electrons. The van der Waals surface area contributed by atoms with Crippen LogP contribution in [0.5, 0.6) is 0 Å². The van der Waals surface area contributed by atoms with Crippen molar-refractivity contribution < 1.29 is 18.9 Å². The number of hydrogen-bond donors (Lipinski definition) is 1. The van der Waals surface area contributed by atoms with E-state index in [1.165, 1.54) is 6.07 Å². The summed E-state index contributed by atoms with van der Waals surface area (Å²) < 4.78 is 4.78. The van der Waals surface area contributed by atoms with Crippen molar-refractivity contribution in [2.24, 2.45) is 5.10 Å². The molecule has 18 heavy (non-hydrogen) atoms. The molecule has 9 nitrogen and oxygen atoms in total. The van der Waals surface area contributed by atoms with E-state index in [0.29, 0.717) is 0 Å². The molecule has 2 heterocycles. The van der Waals surface area contributed by atoms with Gasteiger partial charge in [0, 0.05) is 0 Å². The number of nitro groups is 1. The van der Waals surface area contributed by atoms with E-state index in [1.54, 1.807) is 0 Å². The molecule has 0 spiro atoms. The molecule has 0 aromatic carbocycles. The molecule has 1 aromatic rings. The number of hydrogen-bond acceptors (Lipinski definition) is 6. The van der Waals surface area contributed by atoms with Crippen LogP contribution in [0.15, 0.2) is 21.7 Å². The van der Waals surface area contributed by atoms with Crippen LogP contribution in [0.3, 0.4) is 0 Å². The van der Waals surface area contributed by atoms with Gasteiger partial charge in [-0.3, -0.25) is 20.2 Å². The van der Waals surface area contributed by atoms with Gasteiger partial charge in [0.15, 0.2) is 5.76 Å². The molecule has 0 radical (unpaired) electrons. The second-order valence-corrected chi connectivity index (χ2v) is 3.09. The van der Waals surface area contributed by atoms with Gasteiger partial charge in [0.1, 0.15) is 11.5 Å². The Balaban J connectivity index is 0.00000162. The van der Waals surface area contributed by atoms with E-state index in [1.807, 2.05) is 5.32 Å². The van der Waals surface area contributed by atoms with Gasteiger partial charge in [0.05, 0.1) is 12.3 Å². The van der Waals surface area contributed by atoms with Crippen LogP contribution in [0.25, 0.3) is 0 Å². The zero-order valence-corrected chi connectivity index (χ0v) is 8.32. The molecule has 1 N–H and O–H groups in total. The average Bonchev–Trinajstić information content (AvgIpc) is 2.82. The fraction of sp³-hybridized carbons (Fsp3) is 0.125. The fourth-order valence-electron chi connectivity index (χ4n) is 1.16. The first-order valence-electron chi connectivity index (χ1n) is 4.46. The normalized spacial score (nSPS) is 14.8. The Kier molecular flexibility index (Phi) is 4.59. The van der Waals surface area contributed by atoms with Crippen molar-refractivity contribution in [2.45, 2.75) is 0 Å². The third kappa shape index (κ3) is 3.15. The van der Waals surface area contributed by atoms with Crippen molar-refractivity contribution in [3.05, 3.63) is 28.0 Å². The fourth-order valence-corrected chi connectivity index (χ4v) is 1.16. The first-order chi connectivity index (χ1) is 8.06. The Morgan fingerprint density at radius 2 is 2.22 bits per heavy atom. The number of urea groups is 1. The number of furan rings is 1. The first kappa shape index (κ1) is 14.4. The maximum atomic E-state index is 11.1. The van der Waals surface area contributed by atoms with Crippen LogP contribution in [0.2, 0.25) is 0 Å². The van der Waals surface area contributed by atoms with Gasteiger partial charge in [-0.15, -0.1) is 0 Å². The van der Waals surface area contributed by atoms with Gasteiger partial charge < -0.3 is 4.42 Å². The van der Waals surface area contributed by atoms with Gasteiger partial charge in [0.2, 0.25) is 5.91 Å². The Morgan fingerprint density at radius 3 is 2.72 bits per heavy atom. The molecule has 0 aliphatic carbocycles. The van der Waals surface area contributed by atoms with Gasteiger partial charge in [-0.05, 0) is 6.07 Å². The van der Waals surface area contributed by atoms with Crippen molar-refractivity contribution in [3.63, 3.8) is 0 Å². The predicted octanol–water partition coefficient (Wildman–Crippen LogP) is -0.575. The van der Waals surface area contributed by atoms with Crippen molar-refractivity contribution in [3.8, 4) is 0 Å². The number of nitrogens with zero attached hydrogens (tertiary/aromatic N) is 3. The number of rotatable bonds is 3. The Hall–Kier alpha value is -1.71. The van der Waals surface area contributed by atoms with Crippen molar-refractivity contribution >= 4 is 53.6 Å². The molecule has 0 unspecified atom stereocenters. The summed E-state index contributed by atoms with van der Waals surface area (Å²) >= 11 is 0. The van der Waals surface area contributed by atoms with Crippen LogP contribution >= 0.6 is 0 Å². The van der Waals surface area contributed by atoms with E-state index in [0.717, 1.165) is 17.3 Å². The summed E-state index contributed by atoms with van der Waals surface area (Å²) in [6.45, 7) is -0.182. The number of hydrazone groups is 1. The molecule has 0 saturated carbocycles. The van der Waals surface area contributed by atoms with Gasteiger partial charge in [-0.1, -0.05) is 0 Å². The molecule has 1 fully saturated rings. The Bertz CT molecular complexity index is 525. The average molecular weight is 262 g/mol. The first-order valence-corrected chi connectivity index (χ1v) is 4.46. The zero-order valence-electron chi connectivity index (χ0n) is 8.32. The van der Waals surface area contributed by atoms with E-state index >= 15 is 0 Å². The summed E-state index contributed by atoms with van der Waals surface area (Å²) in [4.78, 5) is 31.5. The second-order valence-electron chi connectivity index (χ2n) is 3.09. The molecular formula is C8H7N4NaO5. The molecule has 10 heteroatoms. The van der Waals surface area contributed by atoms with Gasteiger partial charge in [-0.2, -0.15) is 5.10 Å². The summed E-state index contributed by atoms with van der Waals surface area (Å²) in [6, 6.07) is 1.85. The van der Waals surface area contributed by atoms with Crippen LogP contribution in [0, 0.1) is 10.1 Å². The molecule has 0 bridgehead atoms. The molecule has 1 aliphatic heterocycles. The van der Waals surface area contributed by atoms with Gasteiger partial charge in [-0.25, -0.2) is 9.80 Å². The standard InChI is InChI=1S/C8H6N4O5.Na.H/c13-6-4-11(8(14)10-6)9-3-5-1-2-7(17-5)12(15)16;;/h1-3H,4H2,(H,10,13,14);;/b9-3-;;. The van der Waals surface area contributed by atoms with E-state index in [-0.39, 0.29) is 41.9 Å². The monoisotopic (exact) mass is 262 g/mol. The molecule has 2 rings (SSSR count). The number of nitrogens with one attached hydrogen (secondary N) is 1. The predicted molar refractivity (Wildman–Crippen MR) is 60.4 cm³/mol. The number of carbonyl (C=O) groups excluding carboxylic acids is 2. The summed E-state index contributed by atoms with van der Waals surface area (Å²) in [5, 5.41) is 16.9. The Labute approximate surface area is 122 Å². The quantitative estimate of drug-likeness (QED) is 0.257. The molecule has 1 aromatic heterocycles. The zero-order chi connectivity index (χ0) is 12.4. The number of carbonyl (C=O) groups is 2. The van der Waals surface area contributed by atoms with E-state index < -0.39 is 22.7 Å². The van der Waals surface area contributed by atoms with Crippen molar-refractivity contribution in [1.82, 2.24) is 10.3 Å². The molecule has 1 saturated heterocycles. The molecule has 0 atom stereocenters. The van der Waals surface area contributed by atoms with Crippen molar-refractivity contribution in [1.29, 1.82) is 0 Å². The van der Waals surface area contributed by atoms with Crippen LogP contribution in [0.4, 0.5) is 10.7 Å². The third-order valence-corrected chi connectivity index (χ3v) is 1.89. The minimum atomic E-state index is -0.691. The molecule has 3 amide bonds. The second kappa shape index (κ2) is 5.76. The van der Waals surface area contributed by atoms with Crippen LogP contribution in [-0.2, 0) is 4.79 Å². The summed E-state index contributed by atoms with van der Waals surface area (Å²) in [7, 11) is 0. The Morgan fingerprint density at radius 1 is 1.50 bits per heavy atom. The van der Waals surface area contributed by atoms with Crippen molar-refractivity contribution in [2.75, 3.05) is 6.54 Å². The van der Waals surface area contributed by atoms with Crippen LogP contribution in [0.1, 0.15) is 5.76 Å². The summed E-state index contributed by atoms with van der Waals surface area (Å²) in [5.41, 5.74) is 0. The summed E-state index contributed by atoms with van der Waals surface area (Å²) in [5.74, 6) is -0.769. The number of amides is 3. The van der Waals surface area contributed by atoms with Gasteiger partial charge in [0.25, 0.3) is 0 Å². The van der Waals surface area contributed by atoms with E-state index in [4.69, 9.17) is 4.42 Å². The number of imide groups is 1. The van der Waals surface area contributed by atoms with Crippen LogP contribution < -0.4 is 5.32 Å². The molecular weight excluding hydrogens is 255 g/mol. The van der Waals surface area contributed by atoms with Gasteiger partial charge >= 0.3 is 41.5 Å². The van der Waals surface area contributed by atoms with E-state index in [9.17, 15) is 19.7 Å². The topological polar surface area (TPSA) is 118 Å². The maximum absolute atomic E-state index is 11.1. The van der Waals surface area contributed by atoms with Crippen LogP contribution in [-0.4, -0.2) is 64.2 Å². The summed E-state index contributed by atoms with van der Waals surface area (Å²) in [6.07, 6.45) is 1.12. The minimum absolute atomic E-state index is 0.